The van der Waals surface area contributed by atoms with Gasteiger partial charge in [-0.3, -0.25) is 0 Å². The molecule has 1 heterocycles. The minimum Gasteiger partial charge on any atom is -0.361 e. The lowest BCUT2D eigenvalue weighted by Crippen LogP contribution is -2.14. The van der Waals surface area contributed by atoms with E-state index in [2.05, 4.69) is 10.3 Å². The Kier molecular flexibility index (Phi) is 3.86. The lowest BCUT2D eigenvalue weighted by Gasteiger charge is -2.05. The van der Waals surface area contributed by atoms with E-state index in [-0.39, 0.29) is 6.54 Å². The molecule has 0 aliphatic carbocycles. The molecule has 2 nitrogen and oxygen atoms in total. The lowest BCUT2D eigenvalue weighted by molar-refractivity contribution is -0.131. The average molecular weight is 272 g/mol. The van der Waals surface area contributed by atoms with Gasteiger partial charge in [-0.05, 0) is 0 Å². The second-order valence-electron chi connectivity index (χ2n) is 3.70. The number of alkyl halides is 3. The van der Waals surface area contributed by atoms with Crippen LogP contribution in [0.3, 0.4) is 0 Å². The van der Waals surface area contributed by atoms with E-state index in [0.29, 0.717) is 5.13 Å². The summed E-state index contributed by atoms with van der Waals surface area (Å²) in [6.45, 7) is -0.148. The second-order valence-corrected chi connectivity index (χ2v) is 4.55. The number of anilines is 1. The van der Waals surface area contributed by atoms with Gasteiger partial charge >= 0.3 is 6.18 Å². The predicted octanol–water partition coefficient (Wildman–Crippen LogP) is 4.17. The summed E-state index contributed by atoms with van der Waals surface area (Å²) in [4.78, 5) is 4.24. The zero-order valence-electron chi connectivity index (χ0n) is 9.37. The molecule has 0 saturated carbocycles. The van der Waals surface area contributed by atoms with Crippen LogP contribution in [0.1, 0.15) is 6.42 Å². The molecule has 0 unspecified atom stereocenters. The van der Waals surface area contributed by atoms with Gasteiger partial charge in [0.05, 0.1) is 12.1 Å². The number of halogens is 3. The highest BCUT2D eigenvalue weighted by molar-refractivity contribution is 7.14. The Bertz CT molecular complexity index is 494. The Morgan fingerprint density at radius 1 is 1.17 bits per heavy atom. The Hall–Kier alpha value is -1.56. The van der Waals surface area contributed by atoms with Crippen molar-refractivity contribution < 1.29 is 13.2 Å². The van der Waals surface area contributed by atoms with Crippen molar-refractivity contribution in [2.75, 3.05) is 11.9 Å². The molecule has 18 heavy (non-hydrogen) atoms. The number of hydrogen-bond donors (Lipinski definition) is 1. The van der Waals surface area contributed by atoms with Crippen molar-refractivity contribution in [3.63, 3.8) is 0 Å². The standard InChI is InChI=1S/C12H11F3N2S/c13-12(14,15)6-7-16-11-17-10(8-18-11)9-4-2-1-3-5-9/h1-5,8H,6-7H2,(H,16,17). The molecule has 0 fully saturated rings. The first-order valence-corrected chi connectivity index (χ1v) is 6.24. The van der Waals surface area contributed by atoms with Crippen LogP contribution in [-0.2, 0) is 0 Å². The van der Waals surface area contributed by atoms with Gasteiger partial charge in [-0.1, -0.05) is 30.3 Å². The highest BCUT2D eigenvalue weighted by atomic mass is 32.1. The maximum atomic E-state index is 12.0. The van der Waals surface area contributed by atoms with E-state index >= 15 is 0 Å². The molecule has 2 rings (SSSR count). The van der Waals surface area contributed by atoms with E-state index in [4.69, 9.17) is 0 Å². The third-order valence-electron chi connectivity index (χ3n) is 2.26. The van der Waals surface area contributed by atoms with Crippen molar-refractivity contribution in [3.05, 3.63) is 35.7 Å². The fourth-order valence-corrected chi connectivity index (χ4v) is 2.16. The summed E-state index contributed by atoms with van der Waals surface area (Å²) in [6.07, 6.45) is -4.99. The van der Waals surface area contributed by atoms with Gasteiger partial charge in [-0.2, -0.15) is 13.2 Å². The first kappa shape index (κ1) is 12.9. The van der Waals surface area contributed by atoms with Gasteiger partial charge in [0, 0.05) is 17.5 Å². The molecular weight excluding hydrogens is 261 g/mol. The molecule has 96 valence electrons. The van der Waals surface area contributed by atoms with Crippen molar-refractivity contribution in [2.45, 2.75) is 12.6 Å². The van der Waals surface area contributed by atoms with E-state index < -0.39 is 12.6 Å². The van der Waals surface area contributed by atoms with Crippen LogP contribution in [0.25, 0.3) is 11.3 Å². The maximum Gasteiger partial charge on any atom is 0.390 e. The molecular formula is C12H11F3N2S. The van der Waals surface area contributed by atoms with E-state index in [1.165, 1.54) is 11.3 Å². The van der Waals surface area contributed by atoms with Crippen molar-refractivity contribution in [2.24, 2.45) is 0 Å². The fourth-order valence-electron chi connectivity index (χ4n) is 1.41. The van der Waals surface area contributed by atoms with Gasteiger partial charge in [0.15, 0.2) is 5.13 Å². The van der Waals surface area contributed by atoms with Gasteiger partial charge in [0.1, 0.15) is 0 Å². The minimum atomic E-state index is -4.13. The van der Waals surface area contributed by atoms with Crippen LogP contribution < -0.4 is 5.32 Å². The molecule has 0 spiro atoms. The van der Waals surface area contributed by atoms with Crippen molar-refractivity contribution >= 4 is 16.5 Å². The zero-order chi connectivity index (χ0) is 13.0. The molecule has 2 aromatic rings. The van der Waals surface area contributed by atoms with Gasteiger partial charge in [-0.25, -0.2) is 4.98 Å². The van der Waals surface area contributed by atoms with Gasteiger partial charge < -0.3 is 5.32 Å². The summed E-state index contributed by atoms with van der Waals surface area (Å²) < 4.78 is 35.9. The number of nitrogens with one attached hydrogen (secondary N) is 1. The lowest BCUT2D eigenvalue weighted by atomic mass is 10.2. The molecule has 0 atom stereocenters. The highest BCUT2D eigenvalue weighted by Gasteiger charge is 2.26. The van der Waals surface area contributed by atoms with Crippen molar-refractivity contribution in [1.29, 1.82) is 0 Å². The number of aromatic nitrogens is 1. The van der Waals surface area contributed by atoms with E-state index in [1.54, 1.807) is 0 Å². The van der Waals surface area contributed by atoms with E-state index in [9.17, 15) is 13.2 Å². The van der Waals surface area contributed by atoms with Crippen LogP contribution >= 0.6 is 11.3 Å². The second kappa shape index (κ2) is 5.39. The largest absolute Gasteiger partial charge is 0.390 e. The van der Waals surface area contributed by atoms with Crippen LogP contribution in [0.2, 0.25) is 0 Å². The van der Waals surface area contributed by atoms with E-state index in [0.717, 1.165) is 11.3 Å². The van der Waals surface area contributed by atoms with Crippen LogP contribution in [0.5, 0.6) is 0 Å². The number of hydrogen-bond acceptors (Lipinski definition) is 3. The number of rotatable bonds is 4. The van der Waals surface area contributed by atoms with E-state index in [1.807, 2.05) is 35.7 Å². The van der Waals surface area contributed by atoms with Gasteiger partial charge in [0.25, 0.3) is 0 Å². The molecule has 0 saturated heterocycles. The minimum absolute atomic E-state index is 0.148. The fraction of sp³-hybridized carbons (Fsp3) is 0.250. The molecule has 1 aromatic heterocycles. The Labute approximate surface area is 106 Å². The third-order valence-corrected chi connectivity index (χ3v) is 3.06. The van der Waals surface area contributed by atoms with Crippen LogP contribution in [-0.4, -0.2) is 17.7 Å². The molecule has 6 heteroatoms. The Morgan fingerprint density at radius 3 is 2.56 bits per heavy atom. The van der Waals surface area contributed by atoms with Crippen LogP contribution in [0.4, 0.5) is 18.3 Å². The summed E-state index contributed by atoms with van der Waals surface area (Å²) in [5, 5.41) is 5.02. The summed E-state index contributed by atoms with van der Waals surface area (Å²) >= 11 is 1.31. The monoisotopic (exact) mass is 272 g/mol. The SMILES string of the molecule is FC(F)(F)CCNc1nc(-c2ccccc2)cs1. The molecule has 1 N–H and O–H groups in total. The number of benzene rings is 1. The molecule has 0 amide bonds. The maximum absolute atomic E-state index is 12.0. The summed E-state index contributed by atoms with van der Waals surface area (Å²) in [5.41, 5.74) is 1.73. The molecule has 0 aliphatic rings. The Balaban J connectivity index is 1.95. The molecule has 0 aliphatic heterocycles. The van der Waals surface area contributed by atoms with Crippen LogP contribution in [0, 0.1) is 0 Å². The van der Waals surface area contributed by atoms with Gasteiger partial charge in [0.2, 0.25) is 0 Å². The first-order valence-electron chi connectivity index (χ1n) is 5.36. The summed E-state index contributed by atoms with van der Waals surface area (Å²) in [6, 6.07) is 9.51. The molecule has 1 aromatic carbocycles. The highest BCUT2D eigenvalue weighted by Crippen LogP contribution is 2.25. The predicted molar refractivity (Wildman–Crippen MR) is 66.7 cm³/mol. The van der Waals surface area contributed by atoms with Gasteiger partial charge in [-0.15, -0.1) is 11.3 Å². The first-order chi connectivity index (χ1) is 8.54. The Morgan fingerprint density at radius 2 is 1.89 bits per heavy atom. The zero-order valence-corrected chi connectivity index (χ0v) is 10.2. The third kappa shape index (κ3) is 3.73. The topological polar surface area (TPSA) is 24.9 Å². The molecule has 0 radical (unpaired) electrons. The molecule has 0 bridgehead atoms. The quantitative estimate of drug-likeness (QED) is 0.903. The number of thiazole rings is 1. The van der Waals surface area contributed by atoms with Crippen molar-refractivity contribution in [3.8, 4) is 11.3 Å². The number of nitrogens with zero attached hydrogens (tertiary/aromatic N) is 1. The van der Waals surface area contributed by atoms with Crippen LogP contribution in [0.15, 0.2) is 35.7 Å². The summed E-state index contributed by atoms with van der Waals surface area (Å²) in [5.74, 6) is 0. The van der Waals surface area contributed by atoms with Crippen molar-refractivity contribution in [1.82, 2.24) is 4.98 Å². The normalized spacial score (nSPS) is 11.5. The summed E-state index contributed by atoms with van der Waals surface area (Å²) in [7, 11) is 0. The smallest absolute Gasteiger partial charge is 0.361 e. The average Bonchev–Trinajstić information content (AvgIpc) is 2.77.